The number of pyridine rings is 1. The number of ether oxygens (including phenoxy) is 3. The summed E-state index contributed by atoms with van der Waals surface area (Å²) in [5.41, 5.74) is 0.734. The number of hydrogen-bond donors (Lipinski definition) is 1. The van der Waals surface area contributed by atoms with Gasteiger partial charge in [-0.05, 0) is 67.5 Å². The van der Waals surface area contributed by atoms with Crippen LogP contribution >= 0.6 is 0 Å². The maximum atomic E-state index is 13.3. The molecule has 49 heavy (non-hydrogen) atoms. The first-order chi connectivity index (χ1) is 23.3. The minimum absolute atomic E-state index is 0.0189. The number of hydrogen-bond acceptors (Lipinski definition) is 7. The Balaban J connectivity index is 1.41. The van der Waals surface area contributed by atoms with E-state index < -0.39 is 37.5 Å². The molecular weight excluding hydrogens is 653 g/mol. The zero-order chi connectivity index (χ0) is 35.2. The molecule has 0 aliphatic heterocycles. The molecule has 0 bridgehead atoms. The summed E-state index contributed by atoms with van der Waals surface area (Å²) in [5.74, 6) is -0.241. The van der Waals surface area contributed by atoms with Crippen LogP contribution in [0.4, 0.5) is 18.9 Å². The molecule has 1 fully saturated rings. The SMILES string of the molecule is COC(=O)c1cc2nc(C3CCC(COCc4ccccc4)CC3)n(COCC[Si](C)(C)C)c2cc1NC(=O)c1cccc(C(F)(F)F)n1. The fourth-order valence-electron chi connectivity index (χ4n) is 5.96. The molecule has 5 rings (SSSR count). The van der Waals surface area contributed by atoms with Crippen LogP contribution in [0.5, 0.6) is 0 Å². The molecule has 1 amide bonds. The lowest BCUT2D eigenvalue weighted by atomic mass is 9.82. The zero-order valence-corrected chi connectivity index (χ0v) is 29.3. The number of anilines is 1. The monoisotopic (exact) mass is 696 g/mol. The van der Waals surface area contributed by atoms with Crippen LogP contribution in [0.15, 0.2) is 60.7 Å². The number of carbonyl (C=O) groups excluding carboxylic acids is 2. The number of imidazole rings is 1. The first-order valence-corrected chi connectivity index (χ1v) is 20.2. The average molecular weight is 697 g/mol. The minimum Gasteiger partial charge on any atom is -0.465 e. The van der Waals surface area contributed by atoms with Crippen molar-refractivity contribution >= 4 is 36.7 Å². The first kappa shape index (κ1) is 36.2. The summed E-state index contributed by atoms with van der Waals surface area (Å²) >= 11 is 0. The van der Waals surface area contributed by atoms with Crippen molar-refractivity contribution in [2.45, 2.75) is 76.8 Å². The molecule has 13 heteroatoms. The van der Waals surface area contributed by atoms with Crippen LogP contribution in [0.25, 0.3) is 11.0 Å². The van der Waals surface area contributed by atoms with Crippen molar-refractivity contribution < 1.29 is 37.0 Å². The van der Waals surface area contributed by atoms with Gasteiger partial charge in [0.15, 0.2) is 0 Å². The molecule has 2 aromatic carbocycles. The Morgan fingerprint density at radius 1 is 0.959 bits per heavy atom. The van der Waals surface area contributed by atoms with Gasteiger partial charge in [0.1, 0.15) is 23.9 Å². The molecule has 1 saturated carbocycles. The van der Waals surface area contributed by atoms with E-state index >= 15 is 0 Å². The molecule has 1 N–H and O–H groups in total. The lowest BCUT2D eigenvalue weighted by Gasteiger charge is -2.28. The third-order valence-electron chi connectivity index (χ3n) is 8.74. The van der Waals surface area contributed by atoms with Crippen molar-refractivity contribution in [2.75, 3.05) is 25.6 Å². The third kappa shape index (κ3) is 9.55. The van der Waals surface area contributed by atoms with Crippen molar-refractivity contribution in [2.24, 2.45) is 5.92 Å². The third-order valence-corrected chi connectivity index (χ3v) is 10.4. The number of nitrogens with zero attached hydrogens (tertiary/aromatic N) is 3. The number of nitrogens with one attached hydrogen (secondary N) is 1. The quantitative estimate of drug-likeness (QED) is 0.0852. The molecule has 9 nitrogen and oxygen atoms in total. The van der Waals surface area contributed by atoms with E-state index in [4.69, 9.17) is 19.2 Å². The van der Waals surface area contributed by atoms with Crippen molar-refractivity contribution in [3.63, 3.8) is 0 Å². The Bertz CT molecular complexity index is 1750. The van der Waals surface area contributed by atoms with Crippen LogP contribution in [0.2, 0.25) is 25.7 Å². The second kappa shape index (κ2) is 15.6. The highest BCUT2D eigenvalue weighted by atomic mass is 28.3. The van der Waals surface area contributed by atoms with Gasteiger partial charge < -0.3 is 24.1 Å². The van der Waals surface area contributed by atoms with Crippen LogP contribution in [-0.2, 0) is 33.7 Å². The summed E-state index contributed by atoms with van der Waals surface area (Å²) in [6.45, 7) is 8.89. The molecule has 2 heterocycles. The Labute approximate surface area is 285 Å². The van der Waals surface area contributed by atoms with E-state index in [1.165, 1.54) is 13.2 Å². The van der Waals surface area contributed by atoms with Crippen molar-refractivity contribution in [1.82, 2.24) is 14.5 Å². The predicted octanol–water partition coefficient (Wildman–Crippen LogP) is 8.29. The second-order valence-corrected chi connectivity index (χ2v) is 19.3. The second-order valence-electron chi connectivity index (χ2n) is 13.7. The van der Waals surface area contributed by atoms with E-state index in [2.05, 4.69) is 42.1 Å². The molecule has 0 spiro atoms. The average Bonchev–Trinajstić information content (AvgIpc) is 3.43. The number of benzene rings is 2. The smallest absolute Gasteiger partial charge is 0.433 e. The molecule has 0 unspecified atom stereocenters. The fraction of sp³-hybridized carbons (Fsp3) is 0.444. The highest BCUT2D eigenvalue weighted by Crippen LogP contribution is 2.38. The molecule has 0 radical (unpaired) electrons. The lowest BCUT2D eigenvalue weighted by molar-refractivity contribution is -0.141. The summed E-state index contributed by atoms with van der Waals surface area (Å²) in [5, 5.41) is 2.59. The molecule has 1 aliphatic carbocycles. The Kier molecular flexibility index (Phi) is 11.6. The molecule has 4 aromatic rings. The summed E-state index contributed by atoms with van der Waals surface area (Å²) in [4.78, 5) is 34.5. The van der Waals surface area contributed by atoms with Crippen LogP contribution in [0.1, 0.15) is 69.5 Å². The molecule has 0 atom stereocenters. The molecule has 262 valence electrons. The van der Waals surface area contributed by atoms with Crippen molar-refractivity contribution in [1.29, 1.82) is 0 Å². The summed E-state index contributed by atoms with van der Waals surface area (Å²) in [6.07, 6.45) is -0.993. The number of carbonyl (C=O) groups is 2. The Morgan fingerprint density at radius 2 is 1.69 bits per heavy atom. The van der Waals surface area contributed by atoms with Gasteiger partial charge >= 0.3 is 12.1 Å². The van der Waals surface area contributed by atoms with Crippen LogP contribution in [0, 0.1) is 5.92 Å². The number of halogens is 3. The van der Waals surface area contributed by atoms with Crippen LogP contribution < -0.4 is 5.32 Å². The number of fused-ring (bicyclic) bond motifs is 1. The Morgan fingerprint density at radius 3 is 2.37 bits per heavy atom. The fourth-order valence-corrected chi connectivity index (χ4v) is 6.72. The summed E-state index contributed by atoms with van der Waals surface area (Å²) in [7, 11) is -0.143. The van der Waals surface area contributed by atoms with Gasteiger partial charge in [-0.3, -0.25) is 4.79 Å². The van der Waals surface area contributed by atoms with E-state index in [0.29, 0.717) is 36.8 Å². The van der Waals surface area contributed by atoms with Gasteiger partial charge in [-0.15, -0.1) is 0 Å². The van der Waals surface area contributed by atoms with E-state index in [1.54, 1.807) is 12.1 Å². The minimum atomic E-state index is -4.72. The van der Waals surface area contributed by atoms with Crippen molar-refractivity contribution in [3.05, 3.63) is 89.0 Å². The van der Waals surface area contributed by atoms with Gasteiger partial charge in [0.2, 0.25) is 0 Å². The summed E-state index contributed by atoms with van der Waals surface area (Å²) in [6, 6.07) is 17.3. The maximum absolute atomic E-state index is 13.3. The molecule has 0 saturated heterocycles. The number of rotatable bonds is 13. The van der Waals surface area contributed by atoms with Gasteiger partial charge in [-0.2, -0.15) is 13.2 Å². The highest BCUT2D eigenvalue weighted by molar-refractivity contribution is 6.76. The first-order valence-electron chi connectivity index (χ1n) is 16.5. The number of aromatic nitrogens is 3. The topological polar surface area (TPSA) is 105 Å². The van der Waals surface area contributed by atoms with Gasteiger partial charge in [0.25, 0.3) is 5.91 Å². The van der Waals surface area contributed by atoms with E-state index in [-0.39, 0.29) is 23.9 Å². The van der Waals surface area contributed by atoms with E-state index in [1.807, 2.05) is 22.8 Å². The van der Waals surface area contributed by atoms with Gasteiger partial charge in [0, 0.05) is 27.2 Å². The van der Waals surface area contributed by atoms with E-state index in [0.717, 1.165) is 55.2 Å². The normalized spacial score (nSPS) is 16.9. The highest BCUT2D eigenvalue weighted by Gasteiger charge is 2.33. The van der Waals surface area contributed by atoms with Crippen LogP contribution in [0.3, 0.4) is 0 Å². The number of alkyl halides is 3. The van der Waals surface area contributed by atoms with E-state index in [9.17, 15) is 22.8 Å². The molecular formula is C36H43F3N4O5Si. The Hall–Kier alpha value is -4.07. The van der Waals surface area contributed by atoms with Gasteiger partial charge in [-0.1, -0.05) is 56.0 Å². The molecule has 2 aromatic heterocycles. The predicted molar refractivity (Wildman–Crippen MR) is 183 cm³/mol. The van der Waals surface area contributed by atoms with Crippen LogP contribution in [-0.4, -0.2) is 54.8 Å². The lowest BCUT2D eigenvalue weighted by Crippen LogP contribution is -2.23. The van der Waals surface area contributed by atoms with Gasteiger partial charge in [-0.25, -0.2) is 14.8 Å². The zero-order valence-electron chi connectivity index (χ0n) is 28.3. The number of esters is 1. The maximum Gasteiger partial charge on any atom is 0.433 e. The van der Waals surface area contributed by atoms with Crippen molar-refractivity contribution in [3.8, 4) is 0 Å². The standard InChI is InChI=1S/C36H43F3N4O5Si/c1-46-35(45)27-19-30-31(20-29(27)42-34(44)28-11-8-12-32(40-28)36(37,38)39)43(23-47-17-18-49(2,3)4)33(41-30)26-15-13-25(14-16-26)22-48-21-24-9-6-5-7-10-24/h5-12,19-20,25-26H,13-18,21-23H2,1-4H3,(H,42,44). The van der Waals surface area contributed by atoms with Gasteiger partial charge in [0.05, 0.1) is 36.0 Å². The number of methoxy groups -OCH3 is 1. The molecule has 1 aliphatic rings. The number of amides is 1. The largest absolute Gasteiger partial charge is 0.465 e. The summed E-state index contributed by atoms with van der Waals surface area (Å²) < 4.78 is 59.1.